The standard InChI is InChI=1S/C11H19N3/c1-4-6-10(5-2)12-11-8-7-9(3)13-14-11/h7-8,10H,4-6H2,1-3H3,(H,12,14). The number of aryl methyl sites for hydroxylation is 1. The van der Waals surface area contributed by atoms with Crippen molar-refractivity contribution in [3.05, 3.63) is 17.8 Å². The van der Waals surface area contributed by atoms with Gasteiger partial charge < -0.3 is 5.32 Å². The Labute approximate surface area is 85.9 Å². The van der Waals surface area contributed by atoms with E-state index in [1.54, 1.807) is 0 Å². The van der Waals surface area contributed by atoms with E-state index in [1.165, 1.54) is 12.8 Å². The van der Waals surface area contributed by atoms with Crippen LogP contribution >= 0.6 is 0 Å². The molecule has 0 saturated carbocycles. The van der Waals surface area contributed by atoms with Gasteiger partial charge in [-0.15, -0.1) is 5.10 Å². The summed E-state index contributed by atoms with van der Waals surface area (Å²) in [5.74, 6) is 0.885. The van der Waals surface area contributed by atoms with Gasteiger partial charge in [0.2, 0.25) is 0 Å². The molecule has 0 amide bonds. The lowest BCUT2D eigenvalue weighted by Gasteiger charge is -2.15. The summed E-state index contributed by atoms with van der Waals surface area (Å²) in [5, 5.41) is 11.5. The molecule has 0 bridgehead atoms. The zero-order valence-corrected chi connectivity index (χ0v) is 9.25. The van der Waals surface area contributed by atoms with Crippen LogP contribution in [0, 0.1) is 6.92 Å². The van der Waals surface area contributed by atoms with Gasteiger partial charge in [-0.1, -0.05) is 20.3 Å². The highest BCUT2D eigenvalue weighted by molar-refractivity contribution is 5.33. The third-order valence-electron chi connectivity index (χ3n) is 2.28. The lowest BCUT2D eigenvalue weighted by atomic mass is 10.1. The summed E-state index contributed by atoms with van der Waals surface area (Å²) in [4.78, 5) is 0. The monoisotopic (exact) mass is 193 g/mol. The SMILES string of the molecule is CCCC(CC)Nc1ccc(C)nn1. The van der Waals surface area contributed by atoms with Gasteiger partial charge >= 0.3 is 0 Å². The van der Waals surface area contributed by atoms with Crippen LogP contribution in [-0.2, 0) is 0 Å². The Balaban J connectivity index is 2.53. The number of aromatic nitrogens is 2. The predicted molar refractivity (Wildman–Crippen MR) is 59.4 cm³/mol. The molecule has 78 valence electrons. The summed E-state index contributed by atoms with van der Waals surface area (Å²) in [5.41, 5.74) is 0.957. The van der Waals surface area contributed by atoms with Gasteiger partial charge in [-0.3, -0.25) is 0 Å². The highest BCUT2D eigenvalue weighted by Gasteiger charge is 2.04. The molecular formula is C11H19N3. The normalized spacial score (nSPS) is 12.5. The Morgan fingerprint density at radius 1 is 1.29 bits per heavy atom. The van der Waals surface area contributed by atoms with E-state index in [-0.39, 0.29) is 0 Å². The molecule has 0 radical (unpaired) electrons. The number of nitrogens with one attached hydrogen (secondary N) is 1. The van der Waals surface area contributed by atoms with E-state index in [0.29, 0.717) is 6.04 Å². The minimum atomic E-state index is 0.525. The Bertz CT molecular complexity index is 256. The van der Waals surface area contributed by atoms with Crippen LogP contribution in [0.2, 0.25) is 0 Å². The van der Waals surface area contributed by atoms with Gasteiger partial charge in [0.05, 0.1) is 5.69 Å². The van der Waals surface area contributed by atoms with Gasteiger partial charge in [0.25, 0.3) is 0 Å². The second kappa shape index (κ2) is 5.58. The second-order valence-electron chi connectivity index (χ2n) is 3.60. The molecule has 0 aromatic carbocycles. The third kappa shape index (κ3) is 3.32. The number of anilines is 1. The van der Waals surface area contributed by atoms with Crippen LogP contribution in [0.25, 0.3) is 0 Å². The molecule has 3 heteroatoms. The molecule has 1 heterocycles. The summed E-state index contributed by atoms with van der Waals surface area (Å²) < 4.78 is 0. The molecule has 1 rings (SSSR count). The van der Waals surface area contributed by atoms with Crippen molar-refractivity contribution in [1.82, 2.24) is 10.2 Å². The zero-order chi connectivity index (χ0) is 10.4. The molecule has 0 saturated heterocycles. The summed E-state index contributed by atoms with van der Waals surface area (Å²) in [7, 11) is 0. The lowest BCUT2D eigenvalue weighted by molar-refractivity contribution is 0.619. The Morgan fingerprint density at radius 3 is 2.57 bits per heavy atom. The molecule has 0 aliphatic heterocycles. The Kier molecular flexibility index (Phi) is 4.36. The summed E-state index contributed by atoms with van der Waals surface area (Å²) >= 11 is 0. The number of hydrogen-bond donors (Lipinski definition) is 1. The van der Waals surface area contributed by atoms with Gasteiger partial charge in [0.1, 0.15) is 5.82 Å². The van der Waals surface area contributed by atoms with E-state index in [0.717, 1.165) is 17.9 Å². The first-order valence-corrected chi connectivity index (χ1v) is 5.33. The van der Waals surface area contributed by atoms with Crippen LogP contribution in [0.1, 0.15) is 38.8 Å². The first-order chi connectivity index (χ1) is 6.76. The van der Waals surface area contributed by atoms with Gasteiger partial charge in [0.15, 0.2) is 0 Å². The summed E-state index contributed by atoms with van der Waals surface area (Å²) in [6, 6.07) is 4.49. The third-order valence-corrected chi connectivity index (χ3v) is 2.28. The smallest absolute Gasteiger partial charge is 0.148 e. The van der Waals surface area contributed by atoms with Gasteiger partial charge in [-0.25, -0.2) is 0 Å². The highest BCUT2D eigenvalue weighted by atomic mass is 15.2. The van der Waals surface area contributed by atoms with Crippen molar-refractivity contribution in [3.63, 3.8) is 0 Å². The molecule has 14 heavy (non-hydrogen) atoms. The van der Waals surface area contributed by atoms with Crippen LogP contribution in [0.3, 0.4) is 0 Å². The van der Waals surface area contributed by atoms with E-state index in [1.807, 2.05) is 19.1 Å². The average Bonchev–Trinajstić information content (AvgIpc) is 2.20. The molecule has 1 atom stereocenters. The summed E-state index contributed by atoms with van der Waals surface area (Å²) in [6.07, 6.45) is 3.51. The second-order valence-corrected chi connectivity index (χ2v) is 3.60. The van der Waals surface area contributed by atoms with Gasteiger partial charge in [-0.05, 0) is 31.9 Å². The maximum atomic E-state index is 4.09. The number of hydrogen-bond acceptors (Lipinski definition) is 3. The van der Waals surface area contributed by atoms with E-state index in [2.05, 4.69) is 29.4 Å². The van der Waals surface area contributed by atoms with E-state index < -0.39 is 0 Å². The van der Waals surface area contributed by atoms with Crippen LogP contribution in [0.5, 0.6) is 0 Å². The largest absolute Gasteiger partial charge is 0.366 e. The van der Waals surface area contributed by atoms with Crippen molar-refractivity contribution >= 4 is 5.82 Å². The first-order valence-electron chi connectivity index (χ1n) is 5.33. The molecule has 0 fully saturated rings. The van der Waals surface area contributed by atoms with E-state index in [4.69, 9.17) is 0 Å². The Hall–Kier alpha value is -1.12. The van der Waals surface area contributed by atoms with Crippen molar-refractivity contribution < 1.29 is 0 Å². The van der Waals surface area contributed by atoms with E-state index >= 15 is 0 Å². The lowest BCUT2D eigenvalue weighted by Crippen LogP contribution is -2.18. The van der Waals surface area contributed by atoms with Crippen LogP contribution in [-0.4, -0.2) is 16.2 Å². The zero-order valence-electron chi connectivity index (χ0n) is 9.25. The number of rotatable bonds is 5. The molecule has 1 N–H and O–H groups in total. The predicted octanol–water partition coefficient (Wildman–Crippen LogP) is 2.78. The molecule has 0 spiro atoms. The van der Waals surface area contributed by atoms with Crippen molar-refractivity contribution in [2.75, 3.05) is 5.32 Å². The highest BCUT2D eigenvalue weighted by Crippen LogP contribution is 2.09. The molecule has 1 aromatic rings. The Morgan fingerprint density at radius 2 is 2.07 bits per heavy atom. The van der Waals surface area contributed by atoms with Gasteiger partial charge in [0, 0.05) is 6.04 Å². The summed E-state index contributed by atoms with van der Waals surface area (Å²) in [6.45, 7) is 6.33. The van der Waals surface area contributed by atoms with Crippen molar-refractivity contribution in [1.29, 1.82) is 0 Å². The minimum Gasteiger partial charge on any atom is -0.366 e. The fourth-order valence-electron chi connectivity index (χ4n) is 1.41. The van der Waals surface area contributed by atoms with Crippen LogP contribution < -0.4 is 5.32 Å². The van der Waals surface area contributed by atoms with Crippen molar-refractivity contribution in [3.8, 4) is 0 Å². The van der Waals surface area contributed by atoms with Crippen LogP contribution in [0.4, 0.5) is 5.82 Å². The molecular weight excluding hydrogens is 174 g/mol. The van der Waals surface area contributed by atoms with E-state index in [9.17, 15) is 0 Å². The van der Waals surface area contributed by atoms with Gasteiger partial charge in [-0.2, -0.15) is 5.10 Å². The molecule has 3 nitrogen and oxygen atoms in total. The van der Waals surface area contributed by atoms with Crippen molar-refractivity contribution in [2.24, 2.45) is 0 Å². The fourth-order valence-corrected chi connectivity index (χ4v) is 1.41. The first kappa shape index (κ1) is 11.0. The maximum Gasteiger partial charge on any atom is 0.148 e. The fraction of sp³-hybridized carbons (Fsp3) is 0.636. The number of nitrogens with zero attached hydrogens (tertiary/aromatic N) is 2. The van der Waals surface area contributed by atoms with Crippen molar-refractivity contribution in [2.45, 2.75) is 46.1 Å². The molecule has 1 unspecified atom stereocenters. The molecule has 1 aromatic heterocycles. The topological polar surface area (TPSA) is 37.8 Å². The molecule has 0 aliphatic rings. The maximum absolute atomic E-state index is 4.09. The molecule has 0 aliphatic carbocycles. The van der Waals surface area contributed by atoms with Crippen LogP contribution in [0.15, 0.2) is 12.1 Å². The average molecular weight is 193 g/mol. The minimum absolute atomic E-state index is 0.525. The quantitative estimate of drug-likeness (QED) is 0.781.